The molecule has 0 saturated carbocycles. The average molecular weight is 273 g/mol. The van der Waals surface area contributed by atoms with E-state index in [1.165, 1.54) is 10.5 Å². The first-order chi connectivity index (χ1) is 9.33. The smallest absolute Gasteiger partial charge is 0.0747 e. The number of anilines is 1. The van der Waals surface area contributed by atoms with Crippen molar-refractivity contribution in [2.75, 3.05) is 25.3 Å². The Morgan fingerprint density at radius 1 is 1.11 bits per heavy atom. The van der Waals surface area contributed by atoms with Crippen LogP contribution >= 0.6 is 11.8 Å². The van der Waals surface area contributed by atoms with Crippen LogP contribution in [0.1, 0.15) is 11.6 Å². The Labute approximate surface area is 119 Å². The minimum absolute atomic E-state index is 0.170. The summed E-state index contributed by atoms with van der Waals surface area (Å²) >= 11 is 1.75. The molecule has 2 nitrogen and oxygen atoms in total. The van der Waals surface area contributed by atoms with Crippen molar-refractivity contribution < 1.29 is 4.74 Å². The highest BCUT2D eigenvalue weighted by molar-refractivity contribution is 7.98. The molecule has 0 bridgehead atoms. The van der Waals surface area contributed by atoms with E-state index in [-0.39, 0.29) is 6.04 Å². The van der Waals surface area contributed by atoms with Crippen LogP contribution < -0.4 is 5.32 Å². The third kappa shape index (κ3) is 4.01. The summed E-state index contributed by atoms with van der Waals surface area (Å²) < 4.78 is 5.32. The maximum atomic E-state index is 5.32. The molecule has 1 N–H and O–H groups in total. The van der Waals surface area contributed by atoms with Crippen molar-refractivity contribution in [3.05, 3.63) is 60.2 Å². The van der Waals surface area contributed by atoms with Crippen LogP contribution in [0.2, 0.25) is 0 Å². The van der Waals surface area contributed by atoms with E-state index in [1.807, 2.05) is 6.07 Å². The van der Waals surface area contributed by atoms with Gasteiger partial charge >= 0.3 is 0 Å². The van der Waals surface area contributed by atoms with Crippen molar-refractivity contribution in [1.82, 2.24) is 0 Å². The van der Waals surface area contributed by atoms with Crippen LogP contribution in [0, 0.1) is 0 Å². The largest absolute Gasteiger partial charge is 0.382 e. The maximum absolute atomic E-state index is 5.32. The first kappa shape index (κ1) is 14.0. The number of benzene rings is 2. The van der Waals surface area contributed by atoms with Gasteiger partial charge in [0, 0.05) is 17.7 Å². The third-order valence-corrected chi connectivity index (χ3v) is 3.67. The van der Waals surface area contributed by atoms with Crippen molar-refractivity contribution in [2.24, 2.45) is 0 Å². The van der Waals surface area contributed by atoms with Gasteiger partial charge in [-0.15, -0.1) is 11.8 Å². The average Bonchev–Trinajstić information content (AvgIpc) is 2.48. The predicted molar refractivity (Wildman–Crippen MR) is 82.9 cm³/mol. The molecule has 1 atom stereocenters. The van der Waals surface area contributed by atoms with Crippen LogP contribution in [0.15, 0.2) is 59.5 Å². The monoisotopic (exact) mass is 273 g/mol. The lowest BCUT2D eigenvalue weighted by atomic mass is 10.1. The predicted octanol–water partition coefficient (Wildman–Crippen LogP) is 4.21. The van der Waals surface area contributed by atoms with Gasteiger partial charge in [-0.1, -0.05) is 36.4 Å². The number of methoxy groups -OCH3 is 1. The lowest BCUT2D eigenvalue weighted by molar-refractivity contribution is 0.186. The lowest BCUT2D eigenvalue weighted by Gasteiger charge is -2.20. The third-order valence-electron chi connectivity index (χ3n) is 2.95. The second-order valence-corrected chi connectivity index (χ2v) is 5.17. The minimum atomic E-state index is 0.170. The number of hydrogen-bond acceptors (Lipinski definition) is 3. The van der Waals surface area contributed by atoms with E-state index >= 15 is 0 Å². The lowest BCUT2D eigenvalue weighted by Crippen LogP contribution is -2.16. The van der Waals surface area contributed by atoms with Crippen LogP contribution in [0.4, 0.5) is 5.69 Å². The normalized spacial score (nSPS) is 12.1. The number of thioether (sulfide) groups is 1. The zero-order chi connectivity index (χ0) is 13.5. The van der Waals surface area contributed by atoms with E-state index < -0.39 is 0 Å². The highest BCUT2D eigenvalue weighted by atomic mass is 32.2. The van der Waals surface area contributed by atoms with Gasteiger partial charge in [0.1, 0.15) is 0 Å². The zero-order valence-electron chi connectivity index (χ0n) is 11.3. The van der Waals surface area contributed by atoms with Gasteiger partial charge in [-0.25, -0.2) is 0 Å². The zero-order valence-corrected chi connectivity index (χ0v) is 12.1. The Hall–Kier alpha value is -1.45. The molecule has 19 heavy (non-hydrogen) atoms. The van der Waals surface area contributed by atoms with Gasteiger partial charge in [-0.05, 0) is 30.0 Å². The summed E-state index contributed by atoms with van der Waals surface area (Å²) in [6.07, 6.45) is 2.09. The molecule has 0 fully saturated rings. The van der Waals surface area contributed by atoms with E-state index in [0.717, 1.165) is 5.69 Å². The summed E-state index contributed by atoms with van der Waals surface area (Å²) in [6, 6.07) is 19.0. The van der Waals surface area contributed by atoms with Crippen molar-refractivity contribution >= 4 is 17.4 Å². The molecule has 2 aromatic rings. The maximum Gasteiger partial charge on any atom is 0.0747 e. The van der Waals surface area contributed by atoms with Crippen LogP contribution in [-0.2, 0) is 4.74 Å². The Morgan fingerprint density at radius 3 is 2.58 bits per heavy atom. The van der Waals surface area contributed by atoms with Gasteiger partial charge < -0.3 is 10.1 Å². The molecule has 0 amide bonds. The summed E-state index contributed by atoms with van der Waals surface area (Å²) in [5.41, 5.74) is 2.36. The fourth-order valence-corrected chi connectivity index (χ4v) is 2.45. The highest BCUT2D eigenvalue weighted by Gasteiger charge is 2.10. The minimum Gasteiger partial charge on any atom is -0.382 e. The van der Waals surface area contributed by atoms with Crippen molar-refractivity contribution in [2.45, 2.75) is 10.9 Å². The summed E-state index contributed by atoms with van der Waals surface area (Å²) in [4.78, 5) is 1.26. The molecule has 2 rings (SSSR count). The summed E-state index contributed by atoms with van der Waals surface area (Å²) in [5, 5.41) is 3.53. The highest BCUT2D eigenvalue weighted by Crippen LogP contribution is 2.23. The quantitative estimate of drug-likeness (QED) is 0.797. The van der Waals surface area contributed by atoms with E-state index in [4.69, 9.17) is 4.74 Å². The summed E-state index contributed by atoms with van der Waals surface area (Å²) in [5.74, 6) is 0. The van der Waals surface area contributed by atoms with Gasteiger partial charge in [-0.3, -0.25) is 0 Å². The van der Waals surface area contributed by atoms with Gasteiger partial charge in [0.15, 0.2) is 0 Å². The van der Waals surface area contributed by atoms with Crippen LogP contribution in [0.25, 0.3) is 0 Å². The van der Waals surface area contributed by atoms with E-state index in [1.54, 1.807) is 18.9 Å². The number of nitrogens with one attached hydrogen (secondary N) is 1. The van der Waals surface area contributed by atoms with Crippen LogP contribution in [0.5, 0.6) is 0 Å². The standard InChI is InChI=1S/C16H19NOS/c1-18-12-16(13-7-4-3-5-8-13)17-14-9-6-10-15(11-14)19-2/h3-11,16-17H,12H2,1-2H3. The molecule has 0 aliphatic heterocycles. The second-order valence-electron chi connectivity index (χ2n) is 4.29. The van der Waals surface area contributed by atoms with Crippen LogP contribution in [-0.4, -0.2) is 20.0 Å². The Morgan fingerprint density at radius 2 is 1.89 bits per heavy atom. The van der Waals surface area contributed by atoms with Crippen LogP contribution in [0.3, 0.4) is 0 Å². The summed E-state index contributed by atoms with van der Waals surface area (Å²) in [7, 11) is 1.73. The molecule has 100 valence electrons. The Bertz CT molecular complexity index is 501. The number of rotatable bonds is 6. The van der Waals surface area contributed by atoms with E-state index in [0.29, 0.717) is 6.61 Å². The molecule has 3 heteroatoms. The second kappa shape index (κ2) is 7.22. The molecule has 0 aliphatic rings. The molecule has 0 spiro atoms. The topological polar surface area (TPSA) is 21.3 Å². The molecular formula is C16H19NOS. The molecule has 2 aromatic carbocycles. The molecule has 0 radical (unpaired) electrons. The first-order valence-electron chi connectivity index (χ1n) is 6.28. The molecule has 1 unspecified atom stereocenters. The fourth-order valence-electron chi connectivity index (χ4n) is 1.99. The molecule has 0 heterocycles. The van der Waals surface area contributed by atoms with Gasteiger partial charge in [0.2, 0.25) is 0 Å². The van der Waals surface area contributed by atoms with E-state index in [9.17, 15) is 0 Å². The van der Waals surface area contributed by atoms with Gasteiger partial charge in [-0.2, -0.15) is 0 Å². The van der Waals surface area contributed by atoms with Crippen molar-refractivity contribution in [3.63, 3.8) is 0 Å². The van der Waals surface area contributed by atoms with Gasteiger partial charge in [0.25, 0.3) is 0 Å². The number of ether oxygens (including phenoxy) is 1. The molecule has 0 aliphatic carbocycles. The number of hydrogen-bond donors (Lipinski definition) is 1. The fraction of sp³-hybridized carbons (Fsp3) is 0.250. The molecule has 0 aromatic heterocycles. The van der Waals surface area contributed by atoms with Gasteiger partial charge in [0.05, 0.1) is 12.6 Å². The first-order valence-corrected chi connectivity index (χ1v) is 7.50. The van der Waals surface area contributed by atoms with Crippen molar-refractivity contribution in [1.29, 1.82) is 0 Å². The molecular weight excluding hydrogens is 254 g/mol. The van der Waals surface area contributed by atoms with E-state index in [2.05, 4.69) is 60.1 Å². The Balaban J connectivity index is 2.16. The Kier molecular flexibility index (Phi) is 5.31. The SMILES string of the molecule is COCC(Nc1cccc(SC)c1)c1ccccc1. The molecule has 0 saturated heterocycles. The summed E-state index contributed by atoms with van der Waals surface area (Å²) in [6.45, 7) is 0.646. The van der Waals surface area contributed by atoms with Crippen molar-refractivity contribution in [3.8, 4) is 0 Å².